The number of aliphatic carboxylic acids is 1. The zero-order chi connectivity index (χ0) is 11.4. The van der Waals surface area contributed by atoms with E-state index in [2.05, 4.69) is 26.5 Å². The highest BCUT2D eigenvalue weighted by Gasteiger charge is 2.22. The van der Waals surface area contributed by atoms with Crippen LogP contribution in [-0.2, 0) is 4.79 Å². The molecule has 0 saturated carbocycles. The van der Waals surface area contributed by atoms with Gasteiger partial charge in [0.1, 0.15) is 0 Å². The normalized spacial score (nSPS) is 25.9. The predicted molar refractivity (Wildman–Crippen MR) is 61.7 cm³/mol. The molecule has 1 N–H and O–H groups in total. The molecule has 15 heavy (non-hydrogen) atoms. The molecule has 2 nitrogen and oxygen atoms in total. The van der Waals surface area contributed by atoms with Crippen LogP contribution in [0.5, 0.6) is 0 Å². The Morgan fingerprint density at radius 2 is 2.33 bits per heavy atom. The minimum Gasteiger partial charge on any atom is -0.481 e. The van der Waals surface area contributed by atoms with Crippen molar-refractivity contribution in [1.29, 1.82) is 0 Å². The van der Waals surface area contributed by atoms with Crippen molar-refractivity contribution >= 4 is 5.97 Å². The molecule has 1 aliphatic carbocycles. The highest BCUT2D eigenvalue weighted by Crippen LogP contribution is 2.34. The maximum absolute atomic E-state index is 10.5. The van der Waals surface area contributed by atoms with Crippen LogP contribution in [0.25, 0.3) is 0 Å². The second kappa shape index (κ2) is 5.15. The first-order valence-electron chi connectivity index (χ1n) is 5.54. The van der Waals surface area contributed by atoms with Crippen molar-refractivity contribution in [3.8, 4) is 0 Å². The topological polar surface area (TPSA) is 37.3 Å². The van der Waals surface area contributed by atoms with Gasteiger partial charge in [-0.05, 0) is 44.9 Å². The molecule has 0 radical (unpaired) electrons. The zero-order valence-corrected chi connectivity index (χ0v) is 9.62. The van der Waals surface area contributed by atoms with E-state index < -0.39 is 5.97 Å². The zero-order valence-electron chi connectivity index (χ0n) is 9.62. The molecule has 2 atom stereocenters. The van der Waals surface area contributed by atoms with Crippen LogP contribution in [0.2, 0.25) is 0 Å². The van der Waals surface area contributed by atoms with E-state index in [9.17, 15) is 4.79 Å². The maximum Gasteiger partial charge on any atom is 0.303 e. The molecule has 1 aliphatic rings. The van der Waals surface area contributed by atoms with Crippen LogP contribution in [0.1, 0.15) is 39.5 Å². The molecule has 0 fully saturated rings. The third-order valence-electron chi connectivity index (χ3n) is 3.34. The third-order valence-corrected chi connectivity index (χ3v) is 3.34. The molecule has 0 bridgehead atoms. The summed E-state index contributed by atoms with van der Waals surface area (Å²) < 4.78 is 0. The van der Waals surface area contributed by atoms with Gasteiger partial charge < -0.3 is 5.11 Å². The van der Waals surface area contributed by atoms with E-state index in [0.717, 1.165) is 19.3 Å². The molecular weight excluding hydrogens is 188 g/mol. The summed E-state index contributed by atoms with van der Waals surface area (Å²) in [6.07, 6.45) is 5.44. The van der Waals surface area contributed by atoms with E-state index in [1.807, 2.05) is 0 Å². The van der Waals surface area contributed by atoms with E-state index >= 15 is 0 Å². The molecule has 0 aromatic rings. The van der Waals surface area contributed by atoms with E-state index in [0.29, 0.717) is 11.8 Å². The van der Waals surface area contributed by atoms with Gasteiger partial charge >= 0.3 is 5.97 Å². The maximum atomic E-state index is 10.5. The van der Waals surface area contributed by atoms with Gasteiger partial charge in [0.25, 0.3) is 0 Å². The fraction of sp³-hybridized carbons (Fsp3) is 0.615. The lowest BCUT2D eigenvalue weighted by atomic mass is 9.77. The Kier molecular flexibility index (Phi) is 4.13. The average molecular weight is 208 g/mol. The number of hydrogen-bond acceptors (Lipinski definition) is 1. The number of hydrogen-bond donors (Lipinski definition) is 1. The van der Waals surface area contributed by atoms with Crippen molar-refractivity contribution in [2.75, 3.05) is 0 Å². The first-order valence-corrected chi connectivity index (χ1v) is 5.54. The van der Waals surface area contributed by atoms with Gasteiger partial charge in [0.2, 0.25) is 0 Å². The van der Waals surface area contributed by atoms with Gasteiger partial charge in [-0.2, -0.15) is 0 Å². The highest BCUT2D eigenvalue weighted by atomic mass is 16.4. The molecule has 1 rings (SSSR count). The lowest BCUT2D eigenvalue weighted by molar-refractivity contribution is -0.137. The Morgan fingerprint density at radius 1 is 1.67 bits per heavy atom. The lowest BCUT2D eigenvalue weighted by Gasteiger charge is -2.28. The molecule has 2 heteroatoms. The monoisotopic (exact) mass is 208 g/mol. The van der Waals surface area contributed by atoms with Gasteiger partial charge in [0.15, 0.2) is 0 Å². The van der Waals surface area contributed by atoms with Crippen LogP contribution in [-0.4, -0.2) is 11.1 Å². The van der Waals surface area contributed by atoms with Crippen LogP contribution in [0.3, 0.4) is 0 Å². The summed E-state index contributed by atoms with van der Waals surface area (Å²) in [5.41, 5.74) is 2.58. The van der Waals surface area contributed by atoms with Crippen molar-refractivity contribution in [1.82, 2.24) is 0 Å². The van der Waals surface area contributed by atoms with E-state index in [-0.39, 0.29) is 6.42 Å². The van der Waals surface area contributed by atoms with E-state index in [4.69, 9.17) is 5.11 Å². The molecule has 0 amide bonds. The molecule has 0 aliphatic heterocycles. The molecule has 0 saturated heterocycles. The summed E-state index contributed by atoms with van der Waals surface area (Å²) in [5, 5.41) is 8.67. The van der Waals surface area contributed by atoms with Crippen molar-refractivity contribution in [3.05, 3.63) is 23.8 Å². The first kappa shape index (κ1) is 12.0. The quantitative estimate of drug-likeness (QED) is 0.719. The standard InChI is InChI=1S/C13H20O2/c1-9(2)11-5-4-10(3)12(8-11)6-7-13(14)15/h4,11-12H,1,5-8H2,2-3H3,(H,14,15). The van der Waals surface area contributed by atoms with Crippen LogP contribution in [0.15, 0.2) is 23.8 Å². The van der Waals surface area contributed by atoms with Crippen molar-refractivity contribution < 1.29 is 9.90 Å². The second-order valence-corrected chi connectivity index (χ2v) is 4.59. The summed E-state index contributed by atoms with van der Waals surface area (Å²) in [4.78, 5) is 10.5. The number of carbonyl (C=O) groups is 1. The van der Waals surface area contributed by atoms with Gasteiger partial charge in [0, 0.05) is 6.42 Å². The molecule has 2 unspecified atom stereocenters. The van der Waals surface area contributed by atoms with Crippen molar-refractivity contribution in [2.24, 2.45) is 11.8 Å². The molecule has 0 spiro atoms. The van der Waals surface area contributed by atoms with Crippen LogP contribution >= 0.6 is 0 Å². The summed E-state index contributed by atoms with van der Waals surface area (Å²) in [6.45, 7) is 8.16. The third kappa shape index (κ3) is 3.54. The summed E-state index contributed by atoms with van der Waals surface area (Å²) in [7, 11) is 0. The van der Waals surface area contributed by atoms with Crippen LogP contribution in [0.4, 0.5) is 0 Å². The van der Waals surface area contributed by atoms with Crippen LogP contribution in [0, 0.1) is 11.8 Å². The number of rotatable bonds is 4. The summed E-state index contributed by atoms with van der Waals surface area (Å²) in [6, 6.07) is 0. The minimum absolute atomic E-state index is 0.277. The Labute approximate surface area is 91.7 Å². The van der Waals surface area contributed by atoms with Crippen LogP contribution < -0.4 is 0 Å². The van der Waals surface area contributed by atoms with E-state index in [1.165, 1.54) is 11.1 Å². The lowest BCUT2D eigenvalue weighted by Crippen LogP contribution is -2.16. The molecule has 84 valence electrons. The van der Waals surface area contributed by atoms with Crippen molar-refractivity contribution in [3.63, 3.8) is 0 Å². The first-order chi connectivity index (χ1) is 7.00. The Hall–Kier alpha value is -1.05. The summed E-state index contributed by atoms with van der Waals surface area (Å²) in [5.74, 6) is 0.296. The Bertz CT molecular complexity index is 289. The van der Waals surface area contributed by atoms with Gasteiger partial charge in [-0.25, -0.2) is 0 Å². The Balaban J connectivity index is 2.55. The van der Waals surface area contributed by atoms with Gasteiger partial charge in [-0.1, -0.05) is 23.8 Å². The molecular formula is C13H20O2. The fourth-order valence-electron chi connectivity index (χ4n) is 2.17. The SMILES string of the molecule is C=C(C)C1CC=C(C)C(CCC(=O)O)C1. The second-order valence-electron chi connectivity index (χ2n) is 4.59. The van der Waals surface area contributed by atoms with Gasteiger partial charge in [-0.15, -0.1) is 0 Å². The molecule has 0 heterocycles. The van der Waals surface area contributed by atoms with E-state index in [1.54, 1.807) is 0 Å². The molecule has 0 aromatic carbocycles. The van der Waals surface area contributed by atoms with Gasteiger partial charge in [-0.3, -0.25) is 4.79 Å². The van der Waals surface area contributed by atoms with Crippen molar-refractivity contribution in [2.45, 2.75) is 39.5 Å². The largest absolute Gasteiger partial charge is 0.481 e. The highest BCUT2D eigenvalue weighted by molar-refractivity contribution is 5.66. The number of allylic oxidation sites excluding steroid dienone is 3. The smallest absolute Gasteiger partial charge is 0.303 e. The summed E-state index contributed by atoms with van der Waals surface area (Å²) >= 11 is 0. The number of carboxylic acid groups (broad SMARTS) is 1. The molecule has 0 aromatic heterocycles. The average Bonchev–Trinajstić information content (AvgIpc) is 2.16. The van der Waals surface area contributed by atoms with Gasteiger partial charge in [0.05, 0.1) is 0 Å². The fourth-order valence-corrected chi connectivity index (χ4v) is 2.17. The number of carboxylic acids is 1. The minimum atomic E-state index is -0.694. The Morgan fingerprint density at radius 3 is 2.87 bits per heavy atom. The predicted octanol–water partition coefficient (Wildman–Crippen LogP) is 3.40.